The number of nitrogens with zero attached hydrogens (tertiary/aromatic N) is 2. The maximum atomic E-state index is 9.36. The largest absolute Gasteiger partial charge is 0.394 e. The van der Waals surface area contributed by atoms with Crippen LogP contribution in [-0.2, 0) is 0 Å². The number of aliphatic hydroxyl groups is 1. The number of halogens is 1. The molecule has 0 aromatic carbocycles. The van der Waals surface area contributed by atoms with E-state index in [0.717, 1.165) is 5.56 Å². The summed E-state index contributed by atoms with van der Waals surface area (Å²) in [6.45, 7) is 10.1. The summed E-state index contributed by atoms with van der Waals surface area (Å²) in [5.74, 6) is 1.96. The summed E-state index contributed by atoms with van der Waals surface area (Å²) in [6, 6.07) is -0.0327. The molecule has 4 nitrogen and oxygen atoms in total. The topological polar surface area (TPSA) is 58.0 Å². The van der Waals surface area contributed by atoms with Crippen LogP contribution in [-0.4, -0.2) is 27.7 Å². The molecule has 18 heavy (non-hydrogen) atoms. The number of aromatic nitrogens is 2. The molecule has 0 spiro atoms. The summed E-state index contributed by atoms with van der Waals surface area (Å²) in [7, 11) is 0. The highest BCUT2D eigenvalue weighted by atomic mass is 35.5. The first-order chi connectivity index (χ1) is 8.36. The zero-order valence-electron chi connectivity index (χ0n) is 11.7. The second-order valence-corrected chi connectivity index (χ2v) is 5.54. The second kappa shape index (κ2) is 6.34. The van der Waals surface area contributed by atoms with Gasteiger partial charge in [-0.2, -0.15) is 0 Å². The van der Waals surface area contributed by atoms with Gasteiger partial charge in [-0.3, -0.25) is 0 Å². The number of aliphatic hydroxyl groups excluding tert-OH is 1. The van der Waals surface area contributed by atoms with Crippen LogP contribution in [0.25, 0.3) is 0 Å². The standard InChI is InChI=1S/C13H22ClN3O/c1-7(2)10(6-18)15-13-9(5)11(14)16-12(17-13)8(3)4/h7-8,10,18H,6H2,1-5H3,(H,15,16,17)/t10-/m1/s1. The van der Waals surface area contributed by atoms with Crippen LogP contribution in [0.4, 0.5) is 5.82 Å². The Labute approximate surface area is 114 Å². The van der Waals surface area contributed by atoms with Crippen molar-refractivity contribution >= 4 is 17.4 Å². The SMILES string of the molecule is Cc1c(Cl)nc(C(C)C)nc1N[C@H](CO)C(C)C. The summed E-state index contributed by atoms with van der Waals surface area (Å²) >= 11 is 6.12. The van der Waals surface area contributed by atoms with Crippen molar-refractivity contribution in [3.63, 3.8) is 0 Å². The summed E-state index contributed by atoms with van der Waals surface area (Å²) in [6.07, 6.45) is 0. The first kappa shape index (κ1) is 15.2. The zero-order chi connectivity index (χ0) is 13.9. The third-order valence-electron chi connectivity index (χ3n) is 2.94. The van der Waals surface area contributed by atoms with Crippen LogP contribution in [0, 0.1) is 12.8 Å². The molecule has 0 unspecified atom stereocenters. The van der Waals surface area contributed by atoms with Gasteiger partial charge in [0.15, 0.2) is 0 Å². The molecule has 1 rings (SSSR count). The van der Waals surface area contributed by atoms with E-state index in [1.807, 2.05) is 20.8 Å². The lowest BCUT2D eigenvalue weighted by atomic mass is 10.1. The summed E-state index contributed by atoms with van der Waals surface area (Å²) in [5.41, 5.74) is 0.820. The van der Waals surface area contributed by atoms with Gasteiger partial charge in [-0.25, -0.2) is 9.97 Å². The second-order valence-electron chi connectivity index (χ2n) is 5.18. The van der Waals surface area contributed by atoms with Crippen molar-refractivity contribution in [2.45, 2.75) is 46.6 Å². The fourth-order valence-electron chi connectivity index (χ4n) is 1.50. The molecular formula is C13H22ClN3O. The molecule has 0 fully saturated rings. The highest BCUT2D eigenvalue weighted by Gasteiger charge is 2.17. The van der Waals surface area contributed by atoms with Crippen molar-refractivity contribution in [1.29, 1.82) is 0 Å². The van der Waals surface area contributed by atoms with E-state index in [1.165, 1.54) is 0 Å². The van der Waals surface area contributed by atoms with Crippen molar-refractivity contribution in [2.24, 2.45) is 5.92 Å². The zero-order valence-corrected chi connectivity index (χ0v) is 12.4. The van der Waals surface area contributed by atoms with Crippen LogP contribution in [0.1, 0.15) is 45.0 Å². The lowest BCUT2D eigenvalue weighted by molar-refractivity contribution is 0.249. The fraction of sp³-hybridized carbons (Fsp3) is 0.692. The first-order valence-corrected chi connectivity index (χ1v) is 6.66. The Morgan fingerprint density at radius 2 is 1.83 bits per heavy atom. The van der Waals surface area contributed by atoms with E-state index >= 15 is 0 Å². The van der Waals surface area contributed by atoms with Gasteiger partial charge < -0.3 is 10.4 Å². The van der Waals surface area contributed by atoms with Gasteiger partial charge in [0.1, 0.15) is 16.8 Å². The Kier molecular flexibility index (Phi) is 5.35. The molecular weight excluding hydrogens is 250 g/mol. The Morgan fingerprint density at radius 3 is 2.28 bits per heavy atom. The molecule has 0 aliphatic carbocycles. The fourth-order valence-corrected chi connectivity index (χ4v) is 1.68. The molecule has 5 heteroatoms. The Balaban J connectivity index is 3.07. The molecule has 0 saturated carbocycles. The molecule has 0 aliphatic rings. The van der Waals surface area contributed by atoms with E-state index < -0.39 is 0 Å². The molecule has 1 aromatic rings. The minimum atomic E-state index is -0.0327. The quantitative estimate of drug-likeness (QED) is 0.809. The Bertz CT molecular complexity index is 407. The summed E-state index contributed by atoms with van der Waals surface area (Å²) < 4.78 is 0. The van der Waals surface area contributed by atoms with Gasteiger partial charge in [0.25, 0.3) is 0 Å². The van der Waals surface area contributed by atoms with Crippen LogP contribution in [0.3, 0.4) is 0 Å². The van der Waals surface area contributed by atoms with Gasteiger partial charge in [-0.1, -0.05) is 39.3 Å². The predicted octanol–water partition coefficient (Wildman–Crippen LogP) is 2.99. The monoisotopic (exact) mass is 271 g/mol. The maximum absolute atomic E-state index is 9.36. The minimum Gasteiger partial charge on any atom is -0.394 e. The average molecular weight is 272 g/mol. The van der Waals surface area contributed by atoms with Gasteiger partial charge in [-0.05, 0) is 12.8 Å². The molecule has 0 aliphatic heterocycles. The highest BCUT2D eigenvalue weighted by molar-refractivity contribution is 6.30. The summed E-state index contributed by atoms with van der Waals surface area (Å²) in [5, 5.41) is 13.1. The van der Waals surface area contributed by atoms with Gasteiger partial charge in [-0.15, -0.1) is 0 Å². The molecule has 0 saturated heterocycles. The van der Waals surface area contributed by atoms with Crippen molar-refractivity contribution in [1.82, 2.24) is 9.97 Å². The molecule has 1 atom stereocenters. The molecule has 1 aromatic heterocycles. The molecule has 0 radical (unpaired) electrons. The number of rotatable bonds is 5. The van der Waals surface area contributed by atoms with Gasteiger partial charge in [0, 0.05) is 11.5 Å². The van der Waals surface area contributed by atoms with Crippen LogP contribution in [0.15, 0.2) is 0 Å². The Hall–Kier alpha value is -0.870. The van der Waals surface area contributed by atoms with Crippen LogP contribution < -0.4 is 5.32 Å². The van der Waals surface area contributed by atoms with E-state index in [2.05, 4.69) is 29.1 Å². The van der Waals surface area contributed by atoms with E-state index in [-0.39, 0.29) is 18.6 Å². The normalized spacial score (nSPS) is 13.2. The van der Waals surface area contributed by atoms with Crippen molar-refractivity contribution in [3.8, 4) is 0 Å². The first-order valence-electron chi connectivity index (χ1n) is 6.28. The van der Waals surface area contributed by atoms with Gasteiger partial charge in [0.05, 0.1) is 12.6 Å². The molecule has 102 valence electrons. The van der Waals surface area contributed by atoms with E-state index in [9.17, 15) is 5.11 Å². The lowest BCUT2D eigenvalue weighted by Crippen LogP contribution is -2.30. The Morgan fingerprint density at radius 1 is 1.22 bits per heavy atom. The number of hydrogen-bond acceptors (Lipinski definition) is 4. The third kappa shape index (κ3) is 3.56. The van der Waals surface area contributed by atoms with Crippen LogP contribution in [0.2, 0.25) is 5.15 Å². The lowest BCUT2D eigenvalue weighted by Gasteiger charge is -2.22. The van der Waals surface area contributed by atoms with Crippen molar-refractivity contribution < 1.29 is 5.11 Å². The van der Waals surface area contributed by atoms with E-state index in [0.29, 0.717) is 22.7 Å². The van der Waals surface area contributed by atoms with E-state index in [1.54, 1.807) is 0 Å². The van der Waals surface area contributed by atoms with E-state index in [4.69, 9.17) is 11.6 Å². The summed E-state index contributed by atoms with van der Waals surface area (Å²) in [4.78, 5) is 8.75. The molecule has 2 N–H and O–H groups in total. The smallest absolute Gasteiger partial charge is 0.137 e. The number of anilines is 1. The highest BCUT2D eigenvalue weighted by Crippen LogP contribution is 2.24. The van der Waals surface area contributed by atoms with Gasteiger partial charge in [0.2, 0.25) is 0 Å². The molecule has 0 amide bonds. The van der Waals surface area contributed by atoms with Gasteiger partial charge >= 0.3 is 0 Å². The third-order valence-corrected chi connectivity index (χ3v) is 3.31. The number of nitrogens with one attached hydrogen (secondary N) is 1. The minimum absolute atomic E-state index is 0.0327. The number of hydrogen-bond donors (Lipinski definition) is 2. The predicted molar refractivity (Wildman–Crippen MR) is 75.2 cm³/mol. The molecule has 1 heterocycles. The maximum Gasteiger partial charge on any atom is 0.137 e. The van der Waals surface area contributed by atoms with Crippen molar-refractivity contribution in [3.05, 3.63) is 16.5 Å². The average Bonchev–Trinajstić information content (AvgIpc) is 2.30. The van der Waals surface area contributed by atoms with Crippen LogP contribution in [0.5, 0.6) is 0 Å². The van der Waals surface area contributed by atoms with Crippen LogP contribution >= 0.6 is 11.6 Å². The molecule has 0 bridgehead atoms. The van der Waals surface area contributed by atoms with Crippen molar-refractivity contribution in [2.75, 3.05) is 11.9 Å².